The number of piperazine rings is 1. The Morgan fingerprint density at radius 1 is 1.40 bits per heavy atom. The highest BCUT2D eigenvalue weighted by Crippen LogP contribution is 2.10. The van der Waals surface area contributed by atoms with Crippen LogP contribution in [0.4, 0.5) is 5.95 Å². The first-order valence-electron chi connectivity index (χ1n) is 6.78. The third-order valence-corrected chi connectivity index (χ3v) is 3.27. The quantitative estimate of drug-likeness (QED) is 0.823. The number of rotatable bonds is 4. The summed E-state index contributed by atoms with van der Waals surface area (Å²) in [6, 6.07) is 1.74. The number of anilines is 1. The zero-order chi connectivity index (χ0) is 14.5. The first-order chi connectivity index (χ1) is 9.60. The van der Waals surface area contributed by atoms with Gasteiger partial charge in [-0.1, -0.05) is 6.08 Å². The van der Waals surface area contributed by atoms with Gasteiger partial charge < -0.3 is 15.1 Å². The fraction of sp³-hybridized carbons (Fsp3) is 0.500. The van der Waals surface area contributed by atoms with Crippen molar-refractivity contribution in [3.63, 3.8) is 0 Å². The summed E-state index contributed by atoms with van der Waals surface area (Å²) in [5, 5.41) is 3.02. The van der Waals surface area contributed by atoms with Crippen molar-refractivity contribution in [2.24, 2.45) is 0 Å². The number of nitrogens with one attached hydrogen (secondary N) is 1. The molecule has 0 bridgehead atoms. The van der Waals surface area contributed by atoms with Gasteiger partial charge in [-0.05, 0) is 20.0 Å². The predicted molar refractivity (Wildman–Crippen MR) is 78.9 cm³/mol. The number of carbonyl (C=O) groups excluding carboxylic acids is 1. The fourth-order valence-electron chi connectivity index (χ4n) is 2.09. The maximum atomic E-state index is 12.5. The van der Waals surface area contributed by atoms with E-state index in [9.17, 15) is 4.79 Å². The summed E-state index contributed by atoms with van der Waals surface area (Å²) >= 11 is 0. The molecule has 1 amide bonds. The Morgan fingerprint density at radius 3 is 2.75 bits per heavy atom. The monoisotopic (exact) mass is 275 g/mol. The lowest BCUT2D eigenvalue weighted by molar-refractivity contribution is 0.0658. The number of aromatic nitrogens is 2. The molecule has 1 aromatic heterocycles. The Hall–Kier alpha value is -1.95. The molecule has 1 N–H and O–H groups in total. The molecule has 2 rings (SSSR count). The summed E-state index contributed by atoms with van der Waals surface area (Å²) in [7, 11) is 2.06. The van der Waals surface area contributed by atoms with Crippen LogP contribution in [-0.4, -0.2) is 65.4 Å². The molecular formula is C14H21N5O. The summed E-state index contributed by atoms with van der Waals surface area (Å²) in [4.78, 5) is 25.1. The molecule has 1 saturated heterocycles. The number of carbonyl (C=O) groups is 1. The lowest BCUT2D eigenvalue weighted by atomic mass is 10.2. The third kappa shape index (κ3) is 3.54. The largest absolute Gasteiger partial charge is 0.351 e. The van der Waals surface area contributed by atoms with Crippen molar-refractivity contribution in [2.75, 3.05) is 45.1 Å². The SMILES string of the molecule is C=CCNc1nc(C)cc(C(=O)N2CCN(C)CC2)n1. The highest BCUT2D eigenvalue weighted by molar-refractivity contribution is 5.92. The summed E-state index contributed by atoms with van der Waals surface area (Å²) in [5.74, 6) is 0.452. The van der Waals surface area contributed by atoms with Crippen LogP contribution in [0.2, 0.25) is 0 Å². The summed E-state index contributed by atoms with van der Waals surface area (Å²) in [6.45, 7) is 9.36. The molecular weight excluding hydrogens is 254 g/mol. The first-order valence-corrected chi connectivity index (χ1v) is 6.78. The zero-order valence-electron chi connectivity index (χ0n) is 12.1. The van der Waals surface area contributed by atoms with Crippen LogP contribution in [0.1, 0.15) is 16.2 Å². The van der Waals surface area contributed by atoms with Gasteiger partial charge in [0.2, 0.25) is 5.95 Å². The topological polar surface area (TPSA) is 61.4 Å². The van der Waals surface area contributed by atoms with Crippen molar-refractivity contribution in [1.29, 1.82) is 0 Å². The molecule has 6 heteroatoms. The minimum absolute atomic E-state index is 0.0229. The van der Waals surface area contributed by atoms with E-state index >= 15 is 0 Å². The number of aryl methyl sites for hydroxylation is 1. The molecule has 1 aliphatic heterocycles. The van der Waals surface area contributed by atoms with Crippen LogP contribution in [0.25, 0.3) is 0 Å². The molecule has 108 valence electrons. The van der Waals surface area contributed by atoms with Gasteiger partial charge in [-0.2, -0.15) is 0 Å². The second kappa shape index (κ2) is 6.47. The molecule has 0 radical (unpaired) electrons. The number of likely N-dealkylation sites (N-methyl/N-ethyl adjacent to an activating group) is 1. The summed E-state index contributed by atoms with van der Waals surface area (Å²) < 4.78 is 0. The molecule has 0 spiro atoms. The lowest BCUT2D eigenvalue weighted by Crippen LogP contribution is -2.47. The Balaban J connectivity index is 2.12. The maximum absolute atomic E-state index is 12.5. The van der Waals surface area contributed by atoms with E-state index in [0.717, 1.165) is 31.9 Å². The Bertz CT molecular complexity index is 494. The van der Waals surface area contributed by atoms with Gasteiger partial charge in [0, 0.05) is 38.4 Å². The lowest BCUT2D eigenvalue weighted by Gasteiger charge is -2.32. The van der Waals surface area contributed by atoms with E-state index < -0.39 is 0 Å². The minimum atomic E-state index is -0.0229. The van der Waals surface area contributed by atoms with Crippen LogP contribution in [0, 0.1) is 6.92 Å². The van der Waals surface area contributed by atoms with Crippen LogP contribution >= 0.6 is 0 Å². The first kappa shape index (κ1) is 14.5. The van der Waals surface area contributed by atoms with E-state index in [2.05, 4.69) is 33.8 Å². The number of nitrogens with zero attached hydrogens (tertiary/aromatic N) is 4. The van der Waals surface area contributed by atoms with E-state index in [1.165, 1.54) is 0 Å². The molecule has 0 atom stereocenters. The molecule has 1 aliphatic rings. The van der Waals surface area contributed by atoms with Gasteiger partial charge in [0.25, 0.3) is 5.91 Å². The molecule has 2 heterocycles. The van der Waals surface area contributed by atoms with Crippen molar-refractivity contribution in [2.45, 2.75) is 6.92 Å². The van der Waals surface area contributed by atoms with Crippen molar-refractivity contribution >= 4 is 11.9 Å². The van der Waals surface area contributed by atoms with Crippen LogP contribution in [0.3, 0.4) is 0 Å². The highest BCUT2D eigenvalue weighted by Gasteiger charge is 2.22. The highest BCUT2D eigenvalue weighted by atomic mass is 16.2. The van der Waals surface area contributed by atoms with Gasteiger partial charge in [-0.15, -0.1) is 6.58 Å². The average Bonchev–Trinajstić information content (AvgIpc) is 2.44. The van der Waals surface area contributed by atoms with Crippen molar-refractivity contribution in [3.05, 3.63) is 30.1 Å². The second-order valence-corrected chi connectivity index (χ2v) is 4.98. The minimum Gasteiger partial charge on any atom is -0.351 e. The van der Waals surface area contributed by atoms with E-state index in [1.807, 2.05) is 11.8 Å². The van der Waals surface area contributed by atoms with E-state index in [-0.39, 0.29) is 5.91 Å². The maximum Gasteiger partial charge on any atom is 0.272 e. The van der Waals surface area contributed by atoms with Gasteiger partial charge >= 0.3 is 0 Å². The van der Waals surface area contributed by atoms with Gasteiger partial charge in [0.15, 0.2) is 0 Å². The van der Waals surface area contributed by atoms with Crippen LogP contribution in [0.15, 0.2) is 18.7 Å². The standard InChI is InChI=1S/C14H21N5O/c1-4-5-15-14-16-11(2)10-12(17-14)13(20)19-8-6-18(3)7-9-19/h4,10H,1,5-9H2,2-3H3,(H,15,16,17). The molecule has 1 aromatic rings. The molecule has 0 aliphatic carbocycles. The summed E-state index contributed by atoms with van der Waals surface area (Å²) in [6.07, 6.45) is 1.73. The molecule has 0 aromatic carbocycles. The third-order valence-electron chi connectivity index (χ3n) is 3.27. The van der Waals surface area contributed by atoms with Gasteiger partial charge in [0.1, 0.15) is 5.69 Å². The number of amides is 1. The van der Waals surface area contributed by atoms with Gasteiger partial charge in [-0.3, -0.25) is 4.79 Å². The predicted octanol–water partition coefficient (Wildman–Crippen LogP) is 0.771. The van der Waals surface area contributed by atoms with Gasteiger partial charge in [0.05, 0.1) is 0 Å². The zero-order valence-corrected chi connectivity index (χ0v) is 12.1. The Labute approximate surface area is 119 Å². The molecule has 1 fully saturated rings. The van der Waals surface area contributed by atoms with Crippen LogP contribution < -0.4 is 5.32 Å². The van der Waals surface area contributed by atoms with Crippen molar-refractivity contribution in [3.8, 4) is 0 Å². The Morgan fingerprint density at radius 2 is 2.10 bits per heavy atom. The normalized spacial score (nSPS) is 16.0. The average molecular weight is 275 g/mol. The summed E-state index contributed by atoms with van der Waals surface area (Å²) in [5.41, 5.74) is 1.23. The number of hydrogen-bond acceptors (Lipinski definition) is 5. The Kier molecular flexibility index (Phi) is 4.68. The van der Waals surface area contributed by atoms with E-state index in [4.69, 9.17) is 0 Å². The fourth-order valence-corrected chi connectivity index (χ4v) is 2.09. The number of hydrogen-bond donors (Lipinski definition) is 1. The second-order valence-electron chi connectivity index (χ2n) is 4.98. The molecule has 20 heavy (non-hydrogen) atoms. The smallest absolute Gasteiger partial charge is 0.272 e. The van der Waals surface area contributed by atoms with Crippen LogP contribution in [-0.2, 0) is 0 Å². The molecule has 6 nitrogen and oxygen atoms in total. The van der Waals surface area contributed by atoms with Crippen LogP contribution in [0.5, 0.6) is 0 Å². The molecule has 0 unspecified atom stereocenters. The van der Waals surface area contributed by atoms with Gasteiger partial charge in [-0.25, -0.2) is 9.97 Å². The van der Waals surface area contributed by atoms with Crippen molar-refractivity contribution in [1.82, 2.24) is 19.8 Å². The van der Waals surface area contributed by atoms with Crippen molar-refractivity contribution < 1.29 is 4.79 Å². The van der Waals surface area contributed by atoms with E-state index in [1.54, 1.807) is 12.1 Å². The van der Waals surface area contributed by atoms with E-state index in [0.29, 0.717) is 18.2 Å². The molecule has 0 saturated carbocycles.